The number of carbonyl (C=O) groups is 1. The van der Waals surface area contributed by atoms with Crippen molar-refractivity contribution in [1.82, 2.24) is 0 Å². The summed E-state index contributed by atoms with van der Waals surface area (Å²) in [6.45, 7) is 4.99. The maximum absolute atomic E-state index is 12.0. The number of benzene rings is 1. The first-order valence-electron chi connectivity index (χ1n) is 15.7. The van der Waals surface area contributed by atoms with Crippen molar-refractivity contribution in [3.63, 3.8) is 0 Å². The van der Waals surface area contributed by atoms with Crippen molar-refractivity contribution in [3.05, 3.63) is 29.3 Å². The molecule has 0 bridgehead atoms. The van der Waals surface area contributed by atoms with E-state index in [0.29, 0.717) is 18.3 Å². The number of aryl methyl sites for hydroxylation is 1. The lowest BCUT2D eigenvalue weighted by Crippen LogP contribution is -2.29. The SMILES string of the molecule is CCCCCC(=O)OC1CCC(OOCC2CCC(C3CCC(c4ccc(C)c(OC)c4)CC3)CC2)CC1. The van der Waals surface area contributed by atoms with Crippen LogP contribution >= 0.6 is 0 Å². The number of esters is 1. The van der Waals surface area contributed by atoms with Gasteiger partial charge in [0.2, 0.25) is 0 Å². The van der Waals surface area contributed by atoms with Gasteiger partial charge < -0.3 is 9.47 Å². The van der Waals surface area contributed by atoms with Gasteiger partial charge in [-0.2, -0.15) is 0 Å². The van der Waals surface area contributed by atoms with Crippen molar-refractivity contribution < 1.29 is 24.0 Å². The first-order valence-corrected chi connectivity index (χ1v) is 15.7. The largest absolute Gasteiger partial charge is 0.496 e. The average Bonchev–Trinajstić information content (AvgIpc) is 2.95. The highest BCUT2D eigenvalue weighted by atomic mass is 17.2. The lowest BCUT2D eigenvalue weighted by molar-refractivity contribution is -0.336. The molecule has 5 nitrogen and oxygen atoms in total. The highest BCUT2D eigenvalue weighted by Crippen LogP contribution is 2.44. The van der Waals surface area contributed by atoms with E-state index in [1.807, 2.05) is 0 Å². The number of hydrogen-bond acceptors (Lipinski definition) is 5. The van der Waals surface area contributed by atoms with Crippen LogP contribution in [-0.4, -0.2) is 31.9 Å². The van der Waals surface area contributed by atoms with E-state index < -0.39 is 0 Å². The summed E-state index contributed by atoms with van der Waals surface area (Å²) in [6, 6.07) is 6.79. The predicted octanol–water partition coefficient (Wildman–Crippen LogP) is 8.47. The van der Waals surface area contributed by atoms with Crippen LogP contribution in [0.25, 0.3) is 0 Å². The van der Waals surface area contributed by atoms with E-state index in [2.05, 4.69) is 32.0 Å². The van der Waals surface area contributed by atoms with Crippen molar-refractivity contribution in [2.24, 2.45) is 17.8 Å². The Morgan fingerprint density at radius 3 is 2.16 bits per heavy atom. The molecular formula is C33H52O5. The molecule has 0 saturated heterocycles. The zero-order valence-electron chi connectivity index (χ0n) is 24.3. The summed E-state index contributed by atoms with van der Waals surface area (Å²) in [5.41, 5.74) is 2.68. The standard InChI is InChI=1S/C33H52O5/c1-4-5-6-7-33(34)37-30-18-20-31(21-19-30)38-36-23-25-9-12-26(13-10-25)27-14-16-28(17-15-27)29-11-8-24(2)32(22-29)35-3/h8,11,22,25-28,30-31H,4-7,9-10,12-21,23H2,1-3H3. The Morgan fingerprint density at radius 2 is 1.50 bits per heavy atom. The molecule has 0 N–H and O–H groups in total. The van der Waals surface area contributed by atoms with Gasteiger partial charge in [-0.25, -0.2) is 9.78 Å². The van der Waals surface area contributed by atoms with E-state index >= 15 is 0 Å². The molecule has 0 heterocycles. The third-order valence-electron chi connectivity index (χ3n) is 9.65. The third-order valence-corrected chi connectivity index (χ3v) is 9.65. The molecule has 3 aliphatic rings. The van der Waals surface area contributed by atoms with E-state index in [4.69, 9.17) is 19.2 Å². The van der Waals surface area contributed by atoms with Gasteiger partial charge >= 0.3 is 5.97 Å². The minimum absolute atomic E-state index is 0.0327. The van der Waals surface area contributed by atoms with Gasteiger partial charge in [0, 0.05) is 6.42 Å². The summed E-state index contributed by atoms with van der Waals surface area (Å²) in [7, 11) is 1.78. The Bertz CT molecular complexity index is 830. The predicted molar refractivity (Wildman–Crippen MR) is 151 cm³/mol. The minimum atomic E-state index is -0.0327. The smallest absolute Gasteiger partial charge is 0.306 e. The van der Waals surface area contributed by atoms with Gasteiger partial charge in [0.05, 0.1) is 19.8 Å². The second-order valence-corrected chi connectivity index (χ2v) is 12.3. The van der Waals surface area contributed by atoms with Crippen molar-refractivity contribution in [3.8, 4) is 5.75 Å². The lowest BCUT2D eigenvalue weighted by Gasteiger charge is -2.38. The van der Waals surface area contributed by atoms with Gasteiger partial charge in [-0.05, 0) is 131 Å². The molecule has 1 aromatic rings. The number of hydrogen-bond donors (Lipinski definition) is 0. The Balaban J connectivity index is 1.06. The molecule has 0 amide bonds. The van der Waals surface area contributed by atoms with Gasteiger partial charge in [-0.1, -0.05) is 31.9 Å². The molecule has 1 aromatic carbocycles. The van der Waals surface area contributed by atoms with Crippen molar-refractivity contribution in [2.45, 2.75) is 135 Å². The number of unbranched alkanes of at least 4 members (excludes halogenated alkanes) is 2. The van der Waals surface area contributed by atoms with Crippen molar-refractivity contribution >= 4 is 5.97 Å². The van der Waals surface area contributed by atoms with Gasteiger partial charge in [-0.3, -0.25) is 4.79 Å². The molecule has 5 heteroatoms. The van der Waals surface area contributed by atoms with Crippen LogP contribution in [0.4, 0.5) is 0 Å². The Hall–Kier alpha value is -1.59. The Morgan fingerprint density at radius 1 is 0.842 bits per heavy atom. The zero-order valence-corrected chi connectivity index (χ0v) is 24.3. The highest BCUT2D eigenvalue weighted by molar-refractivity contribution is 5.69. The van der Waals surface area contributed by atoms with Gasteiger partial charge in [-0.15, -0.1) is 0 Å². The number of carbonyl (C=O) groups excluding carboxylic acids is 1. The fourth-order valence-electron chi connectivity index (χ4n) is 7.08. The van der Waals surface area contributed by atoms with Crippen LogP contribution < -0.4 is 4.74 Å². The number of ether oxygens (including phenoxy) is 2. The van der Waals surface area contributed by atoms with Crippen LogP contribution in [0.3, 0.4) is 0 Å². The molecule has 4 rings (SSSR count). The van der Waals surface area contributed by atoms with E-state index in [1.54, 1.807) is 7.11 Å². The summed E-state index contributed by atoms with van der Waals surface area (Å²) in [6.07, 6.45) is 18.1. The van der Waals surface area contributed by atoms with Gasteiger partial charge in [0.15, 0.2) is 0 Å². The van der Waals surface area contributed by atoms with E-state index in [-0.39, 0.29) is 18.2 Å². The van der Waals surface area contributed by atoms with Crippen LogP contribution in [0.15, 0.2) is 18.2 Å². The van der Waals surface area contributed by atoms with E-state index in [1.165, 1.54) is 62.5 Å². The normalized spacial score (nSPS) is 30.1. The summed E-state index contributed by atoms with van der Waals surface area (Å²) in [5.74, 6) is 4.10. The summed E-state index contributed by atoms with van der Waals surface area (Å²) < 4.78 is 11.2. The maximum atomic E-state index is 12.0. The molecule has 0 atom stereocenters. The van der Waals surface area contributed by atoms with Gasteiger partial charge in [0.25, 0.3) is 0 Å². The molecule has 3 saturated carbocycles. The molecule has 0 aliphatic heterocycles. The van der Waals surface area contributed by atoms with Crippen molar-refractivity contribution in [1.29, 1.82) is 0 Å². The quantitative estimate of drug-likeness (QED) is 0.118. The second-order valence-electron chi connectivity index (χ2n) is 12.3. The molecule has 38 heavy (non-hydrogen) atoms. The fourth-order valence-corrected chi connectivity index (χ4v) is 7.08. The van der Waals surface area contributed by atoms with Crippen LogP contribution in [-0.2, 0) is 19.3 Å². The molecular weight excluding hydrogens is 476 g/mol. The van der Waals surface area contributed by atoms with Crippen LogP contribution in [0.5, 0.6) is 5.75 Å². The fraction of sp³-hybridized carbons (Fsp3) is 0.788. The topological polar surface area (TPSA) is 54.0 Å². The highest BCUT2D eigenvalue weighted by Gasteiger charge is 2.32. The third kappa shape index (κ3) is 8.71. The Kier molecular flexibility index (Phi) is 11.8. The van der Waals surface area contributed by atoms with Crippen molar-refractivity contribution in [2.75, 3.05) is 13.7 Å². The summed E-state index contributed by atoms with van der Waals surface area (Å²) in [4.78, 5) is 23.5. The Labute approximate surface area is 231 Å². The monoisotopic (exact) mass is 528 g/mol. The van der Waals surface area contributed by atoms with Crippen LogP contribution in [0, 0.1) is 24.7 Å². The van der Waals surface area contributed by atoms with E-state index in [0.717, 1.165) is 69.1 Å². The second kappa shape index (κ2) is 15.3. The summed E-state index contributed by atoms with van der Waals surface area (Å²) in [5, 5.41) is 0. The number of methoxy groups -OCH3 is 1. The molecule has 0 aromatic heterocycles. The first-order chi connectivity index (χ1) is 18.6. The summed E-state index contributed by atoms with van der Waals surface area (Å²) >= 11 is 0. The molecule has 0 unspecified atom stereocenters. The molecule has 3 aliphatic carbocycles. The lowest BCUT2D eigenvalue weighted by atomic mass is 9.68. The minimum Gasteiger partial charge on any atom is -0.496 e. The molecule has 3 fully saturated rings. The number of rotatable bonds is 12. The average molecular weight is 529 g/mol. The molecule has 214 valence electrons. The first kappa shape index (κ1) is 29.4. The van der Waals surface area contributed by atoms with E-state index in [9.17, 15) is 4.79 Å². The van der Waals surface area contributed by atoms with Crippen LogP contribution in [0.1, 0.15) is 127 Å². The van der Waals surface area contributed by atoms with Crippen LogP contribution in [0.2, 0.25) is 0 Å². The molecule has 0 spiro atoms. The van der Waals surface area contributed by atoms with Gasteiger partial charge in [0.1, 0.15) is 11.9 Å². The molecule has 0 radical (unpaired) electrons. The zero-order chi connectivity index (χ0) is 26.7. The maximum Gasteiger partial charge on any atom is 0.306 e.